The van der Waals surface area contributed by atoms with E-state index in [1.54, 1.807) is 0 Å². The van der Waals surface area contributed by atoms with Crippen LogP contribution in [0.15, 0.2) is 12.1 Å². The van der Waals surface area contributed by atoms with E-state index in [0.29, 0.717) is 6.54 Å². The number of rotatable bonds is 4. The van der Waals surface area contributed by atoms with Gasteiger partial charge in [-0.15, -0.1) is 0 Å². The van der Waals surface area contributed by atoms with Crippen LogP contribution < -0.4 is 10.6 Å². The summed E-state index contributed by atoms with van der Waals surface area (Å²) in [5.74, 6) is 0. The number of nitrogens with one attached hydrogen (secondary N) is 2. The molecule has 0 atom stereocenters. The number of carbonyl (C=O) groups excluding carboxylic acids is 1. The lowest BCUT2D eigenvalue weighted by Crippen LogP contribution is -2.33. The van der Waals surface area contributed by atoms with Crippen LogP contribution in [-0.4, -0.2) is 24.8 Å². The summed E-state index contributed by atoms with van der Waals surface area (Å²) in [6, 6.07) is 4.62. The molecule has 0 fully saturated rings. The van der Waals surface area contributed by atoms with Crippen molar-refractivity contribution in [2.24, 2.45) is 0 Å². The molecule has 4 nitrogen and oxygen atoms in total. The molecule has 0 aromatic heterocycles. The topological polar surface area (TPSA) is 50.4 Å². The quantitative estimate of drug-likeness (QED) is 0.858. The first-order valence-corrected chi connectivity index (χ1v) is 8.99. The van der Waals surface area contributed by atoms with Gasteiger partial charge in [0.2, 0.25) is 0 Å². The van der Waals surface area contributed by atoms with E-state index in [1.165, 1.54) is 22.4 Å². The summed E-state index contributed by atoms with van der Waals surface area (Å²) in [6.45, 7) is 14.0. The van der Waals surface area contributed by atoms with Crippen molar-refractivity contribution in [2.45, 2.75) is 71.8 Å². The summed E-state index contributed by atoms with van der Waals surface area (Å²) >= 11 is 0. The average Bonchev–Trinajstić information content (AvgIpc) is 2.44. The van der Waals surface area contributed by atoms with Gasteiger partial charge >= 0.3 is 6.09 Å². The van der Waals surface area contributed by atoms with Crippen molar-refractivity contribution in [3.8, 4) is 0 Å². The lowest BCUT2D eigenvalue weighted by molar-refractivity contribution is 0.0528. The summed E-state index contributed by atoms with van der Waals surface area (Å²) in [5, 5.41) is 6.38. The molecule has 0 spiro atoms. The molecule has 134 valence electrons. The number of ether oxygens (including phenoxy) is 1. The Kier molecular flexibility index (Phi) is 5.46. The first kappa shape index (κ1) is 18.6. The van der Waals surface area contributed by atoms with Gasteiger partial charge in [0.05, 0.1) is 0 Å². The number of carbonyl (C=O) groups is 1. The molecular weight excluding hydrogens is 300 g/mol. The van der Waals surface area contributed by atoms with Crippen molar-refractivity contribution in [1.82, 2.24) is 5.32 Å². The Morgan fingerprint density at radius 2 is 2.00 bits per heavy atom. The fourth-order valence-electron chi connectivity index (χ4n) is 3.22. The molecule has 2 rings (SSSR count). The second kappa shape index (κ2) is 7.04. The normalized spacial score (nSPS) is 16.1. The number of hydrogen-bond donors (Lipinski definition) is 2. The Morgan fingerprint density at radius 3 is 2.62 bits per heavy atom. The number of amides is 1. The average molecular weight is 332 g/mol. The van der Waals surface area contributed by atoms with Crippen LogP contribution in [0.4, 0.5) is 10.5 Å². The third kappa shape index (κ3) is 4.65. The maximum absolute atomic E-state index is 11.8. The minimum absolute atomic E-state index is 0.220. The molecule has 1 aliphatic rings. The van der Waals surface area contributed by atoms with E-state index in [4.69, 9.17) is 4.74 Å². The molecule has 0 aliphatic carbocycles. The standard InChI is InChI=1S/C20H32N2O2/c1-7-14-12-16-17(21-11-9-20(16,5)6)13-15(14)8-10-22-18(23)24-19(2,3)4/h12-13,21H,7-11H2,1-6H3,(H,22,23). The van der Waals surface area contributed by atoms with Crippen molar-refractivity contribution in [1.29, 1.82) is 0 Å². The van der Waals surface area contributed by atoms with Gasteiger partial charge in [-0.25, -0.2) is 4.79 Å². The summed E-state index contributed by atoms with van der Waals surface area (Å²) in [5.41, 5.74) is 5.09. The second-order valence-electron chi connectivity index (χ2n) is 8.26. The summed E-state index contributed by atoms with van der Waals surface area (Å²) in [6.07, 6.45) is 2.63. The van der Waals surface area contributed by atoms with Gasteiger partial charge in [0.25, 0.3) is 0 Å². The van der Waals surface area contributed by atoms with E-state index < -0.39 is 5.60 Å². The van der Waals surface area contributed by atoms with E-state index in [9.17, 15) is 4.79 Å². The van der Waals surface area contributed by atoms with Crippen LogP contribution in [0.1, 0.15) is 64.7 Å². The van der Waals surface area contributed by atoms with Crippen molar-refractivity contribution in [2.75, 3.05) is 18.4 Å². The number of alkyl carbamates (subject to hydrolysis) is 1. The van der Waals surface area contributed by atoms with Crippen LogP contribution in [0.2, 0.25) is 0 Å². The third-order valence-corrected chi connectivity index (χ3v) is 4.58. The maximum atomic E-state index is 11.8. The van der Waals surface area contributed by atoms with Gasteiger partial charge in [0.1, 0.15) is 5.60 Å². The molecule has 1 heterocycles. The Morgan fingerprint density at radius 1 is 1.29 bits per heavy atom. The van der Waals surface area contributed by atoms with Crippen molar-refractivity contribution in [3.05, 3.63) is 28.8 Å². The SMILES string of the molecule is CCc1cc2c(cc1CCNC(=O)OC(C)(C)C)NCCC2(C)C. The van der Waals surface area contributed by atoms with Gasteiger partial charge in [0.15, 0.2) is 0 Å². The van der Waals surface area contributed by atoms with E-state index in [-0.39, 0.29) is 11.5 Å². The first-order valence-electron chi connectivity index (χ1n) is 8.99. The Labute approximate surface area is 146 Å². The molecule has 0 unspecified atom stereocenters. The molecule has 24 heavy (non-hydrogen) atoms. The molecule has 4 heteroatoms. The molecule has 1 aliphatic heterocycles. The highest BCUT2D eigenvalue weighted by atomic mass is 16.6. The highest BCUT2D eigenvalue weighted by Gasteiger charge is 2.28. The molecule has 0 bridgehead atoms. The Bertz CT molecular complexity index is 600. The highest BCUT2D eigenvalue weighted by Crippen LogP contribution is 2.38. The number of hydrogen-bond acceptors (Lipinski definition) is 3. The minimum atomic E-state index is -0.458. The number of anilines is 1. The van der Waals surface area contributed by atoms with E-state index in [2.05, 4.69) is 43.5 Å². The van der Waals surface area contributed by atoms with Crippen LogP contribution in [0.3, 0.4) is 0 Å². The van der Waals surface area contributed by atoms with E-state index in [0.717, 1.165) is 25.8 Å². The molecule has 0 saturated carbocycles. The highest BCUT2D eigenvalue weighted by molar-refractivity contribution is 5.67. The van der Waals surface area contributed by atoms with E-state index in [1.807, 2.05) is 20.8 Å². The predicted octanol–water partition coefficient (Wildman–Crippen LogP) is 4.41. The smallest absolute Gasteiger partial charge is 0.407 e. The fraction of sp³-hybridized carbons (Fsp3) is 0.650. The maximum Gasteiger partial charge on any atom is 0.407 e. The lowest BCUT2D eigenvalue weighted by Gasteiger charge is -2.34. The van der Waals surface area contributed by atoms with Crippen LogP contribution in [-0.2, 0) is 23.0 Å². The number of fused-ring (bicyclic) bond motifs is 1. The van der Waals surface area contributed by atoms with Crippen molar-refractivity contribution >= 4 is 11.8 Å². The van der Waals surface area contributed by atoms with Crippen LogP contribution in [0.25, 0.3) is 0 Å². The van der Waals surface area contributed by atoms with Gasteiger partial charge in [0, 0.05) is 18.8 Å². The molecule has 0 radical (unpaired) electrons. The second-order valence-corrected chi connectivity index (χ2v) is 8.26. The molecule has 1 aromatic rings. The fourth-order valence-corrected chi connectivity index (χ4v) is 3.22. The summed E-state index contributed by atoms with van der Waals surface area (Å²) in [7, 11) is 0. The van der Waals surface area contributed by atoms with Crippen molar-refractivity contribution < 1.29 is 9.53 Å². The van der Waals surface area contributed by atoms with Gasteiger partial charge in [-0.1, -0.05) is 26.8 Å². The molecule has 0 saturated heterocycles. The molecule has 1 aromatic carbocycles. The van der Waals surface area contributed by atoms with Gasteiger partial charge in [-0.2, -0.15) is 0 Å². The van der Waals surface area contributed by atoms with E-state index >= 15 is 0 Å². The Hall–Kier alpha value is -1.71. The molecule has 2 N–H and O–H groups in total. The zero-order valence-electron chi connectivity index (χ0n) is 16.0. The van der Waals surface area contributed by atoms with Crippen LogP contribution >= 0.6 is 0 Å². The third-order valence-electron chi connectivity index (χ3n) is 4.58. The van der Waals surface area contributed by atoms with Gasteiger partial charge < -0.3 is 15.4 Å². The lowest BCUT2D eigenvalue weighted by atomic mass is 9.76. The Balaban J connectivity index is 2.07. The largest absolute Gasteiger partial charge is 0.444 e. The van der Waals surface area contributed by atoms with Crippen molar-refractivity contribution in [3.63, 3.8) is 0 Å². The molecular formula is C20H32N2O2. The first-order chi connectivity index (χ1) is 11.1. The predicted molar refractivity (Wildman–Crippen MR) is 99.9 cm³/mol. The van der Waals surface area contributed by atoms with Crippen LogP contribution in [0, 0.1) is 0 Å². The molecule has 1 amide bonds. The minimum Gasteiger partial charge on any atom is -0.444 e. The zero-order chi connectivity index (χ0) is 18.0. The summed E-state index contributed by atoms with van der Waals surface area (Å²) < 4.78 is 5.29. The zero-order valence-corrected chi connectivity index (χ0v) is 16.0. The van der Waals surface area contributed by atoms with Gasteiger partial charge in [-0.05, 0) is 68.2 Å². The van der Waals surface area contributed by atoms with Gasteiger partial charge in [-0.3, -0.25) is 0 Å². The van der Waals surface area contributed by atoms with Crippen LogP contribution in [0.5, 0.6) is 0 Å². The summed E-state index contributed by atoms with van der Waals surface area (Å²) in [4.78, 5) is 11.8. The number of aryl methyl sites for hydroxylation is 1. The monoisotopic (exact) mass is 332 g/mol. The number of benzene rings is 1.